The molecule has 1 atom stereocenters. The first-order chi connectivity index (χ1) is 8.25. The number of carbonyl (C=O) groups is 1. The first-order valence-electron chi connectivity index (χ1n) is 6.03. The zero-order valence-electron chi connectivity index (χ0n) is 10.1. The minimum atomic E-state index is 0. The lowest BCUT2D eigenvalue weighted by Crippen LogP contribution is -2.30. The van der Waals surface area contributed by atoms with E-state index in [0.717, 1.165) is 28.6 Å². The fourth-order valence-electron chi connectivity index (χ4n) is 2.09. The SMILES string of the molecule is Cl.O=C(NCC[C@H]1CCCN1)c1cccc(I)c1. The summed E-state index contributed by atoms with van der Waals surface area (Å²) in [6, 6.07) is 8.25. The van der Waals surface area contributed by atoms with Crippen molar-refractivity contribution in [2.75, 3.05) is 13.1 Å². The number of halogens is 2. The van der Waals surface area contributed by atoms with E-state index in [4.69, 9.17) is 0 Å². The molecule has 0 bridgehead atoms. The molecule has 5 heteroatoms. The van der Waals surface area contributed by atoms with Crippen LogP contribution in [0.25, 0.3) is 0 Å². The molecule has 1 fully saturated rings. The van der Waals surface area contributed by atoms with Crippen molar-refractivity contribution in [2.45, 2.75) is 25.3 Å². The van der Waals surface area contributed by atoms with Gasteiger partial charge in [0.05, 0.1) is 0 Å². The van der Waals surface area contributed by atoms with Gasteiger partial charge in [0, 0.05) is 21.7 Å². The summed E-state index contributed by atoms with van der Waals surface area (Å²) in [5.41, 5.74) is 0.747. The maximum Gasteiger partial charge on any atom is 0.251 e. The molecule has 1 aliphatic rings. The Balaban J connectivity index is 0.00000162. The van der Waals surface area contributed by atoms with Crippen molar-refractivity contribution in [3.8, 4) is 0 Å². The number of amides is 1. The number of benzene rings is 1. The van der Waals surface area contributed by atoms with Crippen LogP contribution < -0.4 is 10.6 Å². The molecule has 18 heavy (non-hydrogen) atoms. The number of carbonyl (C=O) groups excluding carboxylic acids is 1. The van der Waals surface area contributed by atoms with Gasteiger partial charge in [0.1, 0.15) is 0 Å². The van der Waals surface area contributed by atoms with Crippen molar-refractivity contribution >= 4 is 40.9 Å². The minimum absolute atomic E-state index is 0. The van der Waals surface area contributed by atoms with Crippen molar-refractivity contribution in [1.29, 1.82) is 0 Å². The molecule has 2 N–H and O–H groups in total. The molecule has 1 amide bonds. The smallest absolute Gasteiger partial charge is 0.251 e. The van der Waals surface area contributed by atoms with Gasteiger partial charge in [-0.1, -0.05) is 6.07 Å². The Kier molecular flexibility index (Phi) is 6.96. The second-order valence-electron chi connectivity index (χ2n) is 4.35. The molecule has 3 nitrogen and oxygen atoms in total. The molecule has 1 saturated heterocycles. The van der Waals surface area contributed by atoms with Crippen LogP contribution in [0.1, 0.15) is 29.6 Å². The van der Waals surface area contributed by atoms with E-state index >= 15 is 0 Å². The average Bonchev–Trinajstić information content (AvgIpc) is 2.82. The quantitative estimate of drug-likeness (QED) is 0.788. The first kappa shape index (κ1) is 15.7. The van der Waals surface area contributed by atoms with Crippen molar-refractivity contribution in [2.24, 2.45) is 0 Å². The molecule has 0 saturated carbocycles. The summed E-state index contributed by atoms with van der Waals surface area (Å²) in [6.45, 7) is 1.87. The van der Waals surface area contributed by atoms with E-state index in [1.54, 1.807) is 0 Å². The molecular weight excluding hydrogens is 363 g/mol. The third-order valence-electron chi connectivity index (χ3n) is 3.03. The predicted molar refractivity (Wildman–Crippen MR) is 84.4 cm³/mol. The third-order valence-corrected chi connectivity index (χ3v) is 3.70. The highest BCUT2D eigenvalue weighted by atomic mass is 127. The van der Waals surface area contributed by atoms with Crippen LogP contribution >= 0.6 is 35.0 Å². The lowest BCUT2D eigenvalue weighted by atomic mass is 10.1. The number of rotatable bonds is 4. The Bertz CT molecular complexity index is 394. The highest BCUT2D eigenvalue weighted by Gasteiger charge is 2.13. The van der Waals surface area contributed by atoms with Gasteiger partial charge in [0.2, 0.25) is 0 Å². The molecule has 1 aliphatic heterocycles. The van der Waals surface area contributed by atoms with Crippen molar-refractivity contribution < 1.29 is 4.79 Å². The molecule has 0 aliphatic carbocycles. The first-order valence-corrected chi connectivity index (χ1v) is 7.11. The zero-order valence-corrected chi connectivity index (χ0v) is 13.1. The van der Waals surface area contributed by atoms with Gasteiger partial charge in [0.25, 0.3) is 5.91 Å². The highest BCUT2D eigenvalue weighted by molar-refractivity contribution is 14.1. The van der Waals surface area contributed by atoms with E-state index in [2.05, 4.69) is 33.2 Å². The summed E-state index contributed by atoms with van der Waals surface area (Å²) >= 11 is 2.22. The van der Waals surface area contributed by atoms with Crippen LogP contribution in [0, 0.1) is 3.57 Å². The Labute approximate surface area is 128 Å². The second-order valence-corrected chi connectivity index (χ2v) is 5.59. The fraction of sp³-hybridized carbons (Fsp3) is 0.462. The summed E-state index contributed by atoms with van der Waals surface area (Å²) in [4.78, 5) is 11.8. The van der Waals surface area contributed by atoms with Crippen molar-refractivity contribution in [1.82, 2.24) is 10.6 Å². The van der Waals surface area contributed by atoms with Crippen LogP contribution in [0.5, 0.6) is 0 Å². The summed E-state index contributed by atoms with van der Waals surface area (Å²) < 4.78 is 1.09. The van der Waals surface area contributed by atoms with Gasteiger partial charge in [-0.2, -0.15) is 0 Å². The van der Waals surface area contributed by atoms with E-state index in [1.807, 2.05) is 24.3 Å². The van der Waals surface area contributed by atoms with Gasteiger partial charge in [-0.15, -0.1) is 12.4 Å². The van der Waals surface area contributed by atoms with E-state index in [-0.39, 0.29) is 18.3 Å². The highest BCUT2D eigenvalue weighted by Crippen LogP contribution is 2.09. The zero-order chi connectivity index (χ0) is 12.1. The molecule has 0 spiro atoms. The van der Waals surface area contributed by atoms with Crippen LogP contribution in [0.15, 0.2) is 24.3 Å². The van der Waals surface area contributed by atoms with E-state index in [0.29, 0.717) is 6.04 Å². The summed E-state index contributed by atoms with van der Waals surface area (Å²) in [5, 5.41) is 6.40. The van der Waals surface area contributed by atoms with E-state index in [1.165, 1.54) is 12.8 Å². The summed E-state index contributed by atoms with van der Waals surface area (Å²) in [5.74, 6) is 0.0292. The fourth-order valence-corrected chi connectivity index (χ4v) is 2.64. The van der Waals surface area contributed by atoms with Crippen LogP contribution in [0.3, 0.4) is 0 Å². The van der Waals surface area contributed by atoms with Crippen LogP contribution in [0.2, 0.25) is 0 Å². The summed E-state index contributed by atoms with van der Waals surface area (Å²) in [6.07, 6.45) is 3.52. The Morgan fingerprint density at radius 2 is 2.33 bits per heavy atom. The van der Waals surface area contributed by atoms with Gasteiger partial charge >= 0.3 is 0 Å². The Hall–Kier alpha value is -0.330. The monoisotopic (exact) mass is 380 g/mol. The standard InChI is InChI=1S/C13H17IN2O.ClH/c14-11-4-1-3-10(9-11)13(17)16-8-6-12-5-2-7-15-12;/h1,3-4,9,12,15H,2,5-8H2,(H,16,17);1H/t12-;/m1./s1. The van der Waals surface area contributed by atoms with Crippen molar-refractivity contribution in [3.63, 3.8) is 0 Å². The number of hydrogen-bond donors (Lipinski definition) is 2. The van der Waals surface area contributed by atoms with Gasteiger partial charge in [-0.3, -0.25) is 4.79 Å². The second kappa shape index (κ2) is 7.96. The maximum absolute atomic E-state index is 11.8. The molecule has 0 unspecified atom stereocenters. The normalized spacial score (nSPS) is 18.2. The molecule has 1 aromatic rings. The largest absolute Gasteiger partial charge is 0.352 e. The molecule has 1 heterocycles. The minimum Gasteiger partial charge on any atom is -0.352 e. The molecule has 0 radical (unpaired) electrons. The van der Waals surface area contributed by atoms with Gasteiger partial charge in [0.15, 0.2) is 0 Å². The maximum atomic E-state index is 11.8. The lowest BCUT2D eigenvalue weighted by molar-refractivity contribution is 0.0952. The van der Waals surface area contributed by atoms with Crippen molar-refractivity contribution in [3.05, 3.63) is 33.4 Å². The average molecular weight is 381 g/mol. The molecule has 2 rings (SSSR count). The topological polar surface area (TPSA) is 41.1 Å². The number of nitrogens with one attached hydrogen (secondary N) is 2. The lowest BCUT2D eigenvalue weighted by Gasteiger charge is -2.10. The van der Waals surface area contributed by atoms with Gasteiger partial charge in [-0.05, 0) is 66.6 Å². The molecule has 0 aromatic heterocycles. The van der Waals surface area contributed by atoms with Gasteiger partial charge < -0.3 is 10.6 Å². The van der Waals surface area contributed by atoms with Crippen LogP contribution in [-0.4, -0.2) is 25.0 Å². The predicted octanol–water partition coefficient (Wildman–Crippen LogP) is 2.58. The Morgan fingerprint density at radius 3 is 3.00 bits per heavy atom. The van der Waals surface area contributed by atoms with E-state index in [9.17, 15) is 4.79 Å². The van der Waals surface area contributed by atoms with Gasteiger partial charge in [-0.25, -0.2) is 0 Å². The molecular formula is C13H18ClIN2O. The number of hydrogen-bond acceptors (Lipinski definition) is 2. The summed E-state index contributed by atoms with van der Waals surface area (Å²) in [7, 11) is 0. The molecule has 100 valence electrons. The van der Waals surface area contributed by atoms with Crippen LogP contribution in [-0.2, 0) is 0 Å². The third kappa shape index (κ3) is 4.74. The van der Waals surface area contributed by atoms with Crippen LogP contribution in [0.4, 0.5) is 0 Å². The molecule has 1 aromatic carbocycles. The Morgan fingerprint density at radius 1 is 1.50 bits per heavy atom. The van der Waals surface area contributed by atoms with E-state index < -0.39 is 0 Å².